The smallest absolute Gasteiger partial charge is 0.310 e. The molecule has 2 rings (SSSR count). The lowest BCUT2D eigenvalue weighted by Gasteiger charge is -2.06. The summed E-state index contributed by atoms with van der Waals surface area (Å²) >= 11 is 1.32. The van der Waals surface area contributed by atoms with Crippen LogP contribution in [0.25, 0.3) is 0 Å². The first-order valence-electron chi connectivity index (χ1n) is 6.72. The maximum absolute atomic E-state index is 11.9. The van der Waals surface area contributed by atoms with Crippen LogP contribution in [0.2, 0.25) is 0 Å². The van der Waals surface area contributed by atoms with E-state index in [9.17, 15) is 14.9 Å². The van der Waals surface area contributed by atoms with Crippen molar-refractivity contribution < 1.29 is 14.5 Å². The van der Waals surface area contributed by atoms with Crippen molar-refractivity contribution >= 4 is 22.9 Å². The molecule has 22 heavy (non-hydrogen) atoms. The molecule has 7 heteroatoms. The minimum atomic E-state index is -0.482. The zero-order valence-electron chi connectivity index (χ0n) is 12.2. The van der Waals surface area contributed by atoms with E-state index in [-0.39, 0.29) is 30.0 Å². The van der Waals surface area contributed by atoms with Gasteiger partial charge in [-0.3, -0.25) is 14.9 Å². The number of carbonyl (C=O) groups excluding carboxylic acids is 1. The van der Waals surface area contributed by atoms with E-state index in [1.54, 1.807) is 24.3 Å². The first-order chi connectivity index (χ1) is 10.5. The van der Waals surface area contributed by atoms with Gasteiger partial charge in [-0.05, 0) is 31.4 Å². The first-order valence-corrected chi connectivity index (χ1v) is 7.60. The van der Waals surface area contributed by atoms with Crippen molar-refractivity contribution in [1.82, 2.24) is 5.32 Å². The number of ether oxygens (including phenoxy) is 1. The molecule has 0 atom stereocenters. The summed E-state index contributed by atoms with van der Waals surface area (Å²) in [5.41, 5.74) is 0.729. The zero-order chi connectivity index (χ0) is 16.1. The molecule has 0 fully saturated rings. The molecule has 0 saturated heterocycles. The number of carbonyl (C=O) groups is 1. The SMILES string of the molecule is CC(C)NC(=O)c1cc(COc2ccccc2[N+](=O)[O-])cs1. The molecule has 0 aliphatic carbocycles. The van der Waals surface area contributed by atoms with Gasteiger partial charge < -0.3 is 10.1 Å². The molecule has 0 unspecified atom stereocenters. The molecule has 0 aliphatic rings. The third-order valence-electron chi connectivity index (χ3n) is 2.75. The Morgan fingerprint density at radius 1 is 1.41 bits per heavy atom. The highest BCUT2D eigenvalue weighted by Gasteiger charge is 2.15. The lowest BCUT2D eigenvalue weighted by molar-refractivity contribution is -0.385. The molecule has 0 aliphatic heterocycles. The van der Waals surface area contributed by atoms with Gasteiger partial charge in [0.15, 0.2) is 5.75 Å². The Hall–Kier alpha value is -2.41. The Kier molecular flexibility index (Phi) is 5.11. The predicted octanol–water partition coefficient (Wildman–Crippen LogP) is 3.37. The average Bonchev–Trinajstić information content (AvgIpc) is 2.93. The molecule has 0 saturated carbocycles. The molecular weight excluding hydrogens is 304 g/mol. The number of rotatable bonds is 6. The number of nitro benzene ring substituents is 1. The van der Waals surface area contributed by atoms with Gasteiger partial charge in [-0.25, -0.2) is 0 Å². The second kappa shape index (κ2) is 7.04. The molecule has 6 nitrogen and oxygen atoms in total. The van der Waals surface area contributed by atoms with Crippen LogP contribution in [0.1, 0.15) is 29.1 Å². The minimum absolute atomic E-state index is 0.0706. The van der Waals surface area contributed by atoms with Gasteiger partial charge in [-0.15, -0.1) is 11.3 Å². The largest absolute Gasteiger partial charge is 0.482 e. The van der Waals surface area contributed by atoms with Crippen LogP contribution in [-0.2, 0) is 6.61 Å². The monoisotopic (exact) mass is 320 g/mol. The van der Waals surface area contributed by atoms with Crippen molar-refractivity contribution in [2.75, 3.05) is 0 Å². The van der Waals surface area contributed by atoms with Gasteiger partial charge in [0.1, 0.15) is 6.61 Å². The molecule has 1 N–H and O–H groups in total. The van der Waals surface area contributed by atoms with E-state index >= 15 is 0 Å². The summed E-state index contributed by atoms with van der Waals surface area (Å²) in [6, 6.07) is 8.01. The Bertz CT molecular complexity index is 682. The summed E-state index contributed by atoms with van der Waals surface area (Å²) in [5.74, 6) is 0.0869. The number of nitrogens with zero attached hydrogens (tertiary/aromatic N) is 1. The standard InChI is InChI=1S/C15H16N2O4S/c1-10(2)16-15(18)14-7-11(9-22-14)8-21-13-6-4-3-5-12(13)17(19)20/h3-7,9-10H,8H2,1-2H3,(H,16,18). The lowest BCUT2D eigenvalue weighted by atomic mass is 10.3. The maximum atomic E-state index is 11.9. The molecule has 116 valence electrons. The Labute approximate surface area is 131 Å². The molecule has 0 bridgehead atoms. The summed E-state index contributed by atoms with van der Waals surface area (Å²) in [5, 5.41) is 15.5. The van der Waals surface area contributed by atoms with Crippen LogP contribution in [0.3, 0.4) is 0 Å². The summed E-state index contributed by atoms with van der Waals surface area (Å²) in [4.78, 5) is 22.9. The number of nitro groups is 1. The molecule has 1 heterocycles. The van der Waals surface area contributed by atoms with Crippen LogP contribution in [0.5, 0.6) is 5.75 Å². The number of amides is 1. The van der Waals surface area contributed by atoms with Crippen LogP contribution < -0.4 is 10.1 Å². The molecule has 1 aromatic heterocycles. The fraction of sp³-hybridized carbons (Fsp3) is 0.267. The van der Waals surface area contributed by atoms with Gasteiger partial charge >= 0.3 is 5.69 Å². The van der Waals surface area contributed by atoms with E-state index in [1.807, 2.05) is 19.2 Å². The van der Waals surface area contributed by atoms with Crippen molar-refractivity contribution in [3.63, 3.8) is 0 Å². The van der Waals surface area contributed by atoms with E-state index in [2.05, 4.69) is 5.32 Å². The van der Waals surface area contributed by atoms with Crippen LogP contribution >= 0.6 is 11.3 Å². The fourth-order valence-corrected chi connectivity index (χ4v) is 2.59. The second-order valence-corrected chi connectivity index (χ2v) is 5.87. The van der Waals surface area contributed by atoms with Gasteiger partial charge in [0.05, 0.1) is 9.80 Å². The molecule has 0 radical (unpaired) electrons. The highest BCUT2D eigenvalue weighted by atomic mass is 32.1. The van der Waals surface area contributed by atoms with Gasteiger partial charge in [0, 0.05) is 17.7 Å². The van der Waals surface area contributed by atoms with Crippen LogP contribution in [0, 0.1) is 10.1 Å². The van der Waals surface area contributed by atoms with E-state index in [0.717, 1.165) is 5.56 Å². The number of nitrogens with one attached hydrogen (secondary N) is 1. The maximum Gasteiger partial charge on any atom is 0.310 e. The highest BCUT2D eigenvalue weighted by Crippen LogP contribution is 2.27. The number of para-hydroxylation sites is 2. The minimum Gasteiger partial charge on any atom is -0.482 e. The third-order valence-corrected chi connectivity index (χ3v) is 3.73. The van der Waals surface area contributed by atoms with E-state index < -0.39 is 4.92 Å². The molecule has 0 spiro atoms. The molecule has 1 aromatic carbocycles. The lowest BCUT2D eigenvalue weighted by Crippen LogP contribution is -2.29. The van der Waals surface area contributed by atoms with E-state index in [4.69, 9.17) is 4.74 Å². The van der Waals surface area contributed by atoms with Crippen molar-refractivity contribution in [3.8, 4) is 5.75 Å². The number of thiophene rings is 1. The van der Waals surface area contributed by atoms with Gasteiger partial charge in [0.2, 0.25) is 0 Å². The Morgan fingerprint density at radius 2 is 2.14 bits per heavy atom. The highest BCUT2D eigenvalue weighted by molar-refractivity contribution is 7.12. The fourth-order valence-electron chi connectivity index (χ4n) is 1.79. The number of hydrogen-bond donors (Lipinski definition) is 1. The molecular formula is C15H16N2O4S. The number of benzene rings is 1. The summed E-state index contributed by atoms with van der Waals surface area (Å²) in [6.45, 7) is 3.96. The number of hydrogen-bond acceptors (Lipinski definition) is 5. The third kappa shape index (κ3) is 4.05. The Balaban J connectivity index is 2.03. The van der Waals surface area contributed by atoms with Gasteiger partial charge in [-0.1, -0.05) is 12.1 Å². The second-order valence-electron chi connectivity index (χ2n) is 4.96. The van der Waals surface area contributed by atoms with Crippen LogP contribution in [-0.4, -0.2) is 16.9 Å². The quantitative estimate of drug-likeness (QED) is 0.653. The van der Waals surface area contributed by atoms with Crippen LogP contribution in [0.15, 0.2) is 35.7 Å². The van der Waals surface area contributed by atoms with E-state index in [0.29, 0.717) is 4.88 Å². The predicted molar refractivity (Wildman–Crippen MR) is 84.3 cm³/mol. The summed E-state index contributed by atoms with van der Waals surface area (Å²) in [6.07, 6.45) is 0. The van der Waals surface area contributed by atoms with E-state index in [1.165, 1.54) is 17.4 Å². The van der Waals surface area contributed by atoms with Gasteiger partial charge in [0.25, 0.3) is 5.91 Å². The zero-order valence-corrected chi connectivity index (χ0v) is 13.1. The van der Waals surface area contributed by atoms with Crippen molar-refractivity contribution in [2.45, 2.75) is 26.5 Å². The molecule has 1 amide bonds. The van der Waals surface area contributed by atoms with Crippen LogP contribution in [0.4, 0.5) is 5.69 Å². The van der Waals surface area contributed by atoms with Crippen molar-refractivity contribution in [2.24, 2.45) is 0 Å². The Morgan fingerprint density at radius 3 is 2.82 bits per heavy atom. The van der Waals surface area contributed by atoms with Crippen molar-refractivity contribution in [1.29, 1.82) is 0 Å². The van der Waals surface area contributed by atoms with Gasteiger partial charge in [-0.2, -0.15) is 0 Å². The topological polar surface area (TPSA) is 81.5 Å². The first kappa shape index (κ1) is 16.0. The summed E-state index contributed by atoms with van der Waals surface area (Å²) in [7, 11) is 0. The van der Waals surface area contributed by atoms with Crippen molar-refractivity contribution in [3.05, 3.63) is 56.3 Å². The molecule has 2 aromatic rings. The normalized spacial score (nSPS) is 10.5. The average molecular weight is 320 g/mol. The summed E-state index contributed by atoms with van der Waals surface area (Å²) < 4.78 is 5.49.